The maximum absolute atomic E-state index is 10.8. The summed E-state index contributed by atoms with van der Waals surface area (Å²) in [6.45, 7) is 0. The van der Waals surface area contributed by atoms with E-state index in [2.05, 4.69) is 105 Å². The molecule has 0 spiro atoms. The Hall–Kier alpha value is -5.81. The van der Waals surface area contributed by atoms with E-state index >= 15 is 0 Å². The number of nitrogens with zero attached hydrogens (tertiary/aromatic N) is 4. The second kappa shape index (κ2) is 8.59. The molecule has 0 saturated heterocycles. The van der Waals surface area contributed by atoms with Gasteiger partial charge in [-0.05, 0) is 66.2 Å². The van der Waals surface area contributed by atoms with Crippen molar-refractivity contribution in [2.24, 2.45) is 0 Å². The average Bonchev–Trinajstić information content (AvgIpc) is 3.69. The summed E-state index contributed by atoms with van der Waals surface area (Å²) >= 11 is 0. The average molecular weight is 541 g/mol. The SMILES string of the molecule is Oc1ccc(-n2c3ccccc3c3c(-n4c5ccccc5n5c6ccccc6nc45)cccc32)cc1-c1ccccc1. The number of hydrogen-bond donors (Lipinski definition) is 1. The molecule has 0 saturated carbocycles. The van der Waals surface area contributed by atoms with E-state index in [0.29, 0.717) is 0 Å². The fourth-order valence-electron chi connectivity index (χ4n) is 6.57. The second-order valence-electron chi connectivity index (χ2n) is 10.7. The van der Waals surface area contributed by atoms with E-state index in [0.717, 1.165) is 72.2 Å². The van der Waals surface area contributed by atoms with Crippen LogP contribution < -0.4 is 0 Å². The summed E-state index contributed by atoms with van der Waals surface area (Å²) in [6.07, 6.45) is 0. The van der Waals surface area contributed by atoms with E-state index in [1.165, 1.54) is 0 Å². The Morgan fingerprint density at radius 2 is 1.21 bits per heavy atom. The molecule has 3 aromatic heterocycles. The monoisotopic (exact) mass is 540 g/mol. The minimum Gasteiger partial charge on any atom is -0.507 e. The molecule has 0 bridgehead atoms. The zero-order valence-corrected chi connectivity index (χ0v) is 22.5. The summed E-state index contributed by atoms with van der Waals surface area (Å²) in [7, 11) is 0. The van der Waals surface area contributed by atoms with E-state index < -0.39 is 0 Å². The van der Waals surface area contributed by atoms with Crippen molar-refractivity contribution in [1.82, 2.24) is 18.5 Å². The van der Waals surface area contributed by atoms with Gasteiger partial charge in [0.25, 0.3) is 0 Å². The third-order valence-electron chi connectivity index (χ3n) is 8.35. The number of aromatic hydroxyl groups is 1. The maximum atomic E-state index is 10.8. The molecule has 9 aromatic rings. The molecule has 6 aromatic carbocycles. The van der Waals surface area contributed by atoms with Crippen LogP contribution in [-0.4, -0.2) is 23.6 Å². The summed E-state index contributed by atoms with van der Waals surface area (Å²) in [5.74, 6) is 1.15. The third kappa shape index (κ3) is 3.10. The van der Waals surface area contributed by atoms with Gasteiger partial charge in [-0.3, -0.25) is 8.97 Å². The molecule has 0 atom stereocenters. The van der Waals surface area contributed by atoms with E-state index in [1.54, 1.807) is 6.07 Å². The quantitative estimate of drug-likeness (QED) is 0.243. The normalized spacial score (nSPS) is 11.9. The first-order valence-corrected chi connectivity index (χ1v) is 14.1. The Balaban J connectivity index is 1.40. The van der Waals surface area contributed by atoms with Gasteiger partial charge in [0, 0.05) is 22.0 Å². The van der Waals surface area contributed by atoms with Crippen LogP contribution in [0.2, 0.25) is 0 Å². The first kappa shape index (κ1) is 22.9. The van der Waals surface area contributed by atoms with Crippen molar-refractivity contribution in [3.05, 3.63) is 140 Å². The van der Waals surface area contributed by atoms with Crippen LogP contribution in [-0.2, 0) is 0 Å². The van der Waals surface area contributed by atoms with Crippen LogP contribution in [0.3, 0.4) is 0 Å². The van der Waals surface area contributed by atoms with Gasteiger partial charge in [-0.25, -0.2) is 4.98 Å². The second-order valence-corrected chi connectivity index (χ2v) is 10.7. The molecule has 0 radical (unpaired) electrons. The highest BCUT2D eigenvalue weighted by Gasteiger charge is 2.21. The van der Waals surface area contributed by atoms with Crippen LogP contribution in [0.4, 0.5) is 0 Å². The molecular formula is C37H24N4O. The number of fused-ring (bicyclic) bond motifs is 8. The van der Waals surface area contributed by atoms with E-state index in [4.69, 9.17) is 4.98 Å². The minimum atomic E-state index is 0.263. The molecule has 0 amide bonds. The topological polar surface area (TPSA) is 47.4 Å². The van der Waals surface area contributed by atoms with E-state index in [-0.39, 0.29) is 5.75 Å². The fourth-order valence-corrected chi connectivity index (χ4v) is 6.57. The largest absolute Gasteiger partial charge is 0.507 e. The lowest BCUT2D eigenvalue weighted by molar-refractivity contribution is 0.477. The Morgan fingerprint density at radius 1 is 0.524 bits per heavy atom. The zero-order valence-electron chi connectivity index (χ0n) is 22.5. The number of benzene rings is 6. The Bertz CT molecular complexity index is 2480. The molecule has 0 aliphatic rings. The van der Waals surface area contributed by atoms with Gasteiger partial charge in [0.1, 0.15) is 5.75 Å². The minimum absolute atomic E-state index is 0.263. The van der Waals surface area contributed by atoms with Gasteiger partial charge in [0.15, 0.2) is 0 Å². The highest BCUT2D eigenvalue weighted by atomic mass is 16.3. The number of phenolic OH excluding ortho intramolecular Hbond substituents is 1. The molecular weight excluding hydrogens is 516 g/mol. The van der Waals surface area contributed by atoms with Gasteiger partial charge in [-0.2, -0.15) is 0 Å². The van der Waals surface area contributed by atoms with Crippen LogP contribution in [0.15, 0.2) is 140 Å². The van der Waals surface area contributed by atoms with E-state index in [9.17, 15) is 5.11 Å². The molecule has 5 heteroatoms. The standard InChI is InChI=1S/C37H24N4O/c42-35-22-21-25(23-27(35)24-11-2-1-3-12-24)39-29-15-6-4-13-26(29)36-33(39)19-10-20-34(36)41-32-18-9-8-17-31(32)40-30-16-7-5-14-28(30)38-37(40)41/h1-23,42H. The van der Waals surface area contributed by atoms with Crippen LogP contribution in [0, 0.1) is 0 Å². The molecule has 9 rings (SSSR count). The summed E-state index contributed by atoms with van der Waals surface area (Å²) < 4.78 is 6.85. The van der Waals surface area contributed by atoms with Crippen molar-refractivity contribution in [3.8, 4) is 28.3 Å². The number of para-hydroxylation sites is 5. The van der Waals surface area contributed by atoms with Crippen LogP contribution >= 0.6 is 0 Å². The van der Waals surface area contributed by atoms with Crippen LogP contribution in [0.1, 0.15) is 0 Å². The van der Waals surface area contributed by atoms with Gasteiger partial charge in [-0.15, -0.1) is 0 Å². The van der Waals surface area contributed by atoms with Crippen LogP contribution in [0.25, 0.3) is 72.2 Å². The lowest BCUT2D eigenvalue weighted by Crippen LogP contribution is -1.97. The van der Waals surface area contributed by atoms with Gasteiger partial charge in [0.2, 0.25) is 5.78 Å². The van der Waals surface area contributed by atoms with Gasteiger partial charge in [0.05, 0.1) is 38.8 Å². The van der Waals surface area contributed by atoms with Crippen molar-refractivity contribution in [1.29, 1.82) is 0 Å². The maximum Gasteiger partial charge on any atom is 0.220 e. The number of rotatable bonds is 3. The molecule has 0 fully saturated rings. The number of aromatic nitrogens is 4. The number of hydrogen-bond acceptors (Lipinski definition) is 2. The number of phenols is 1. The van der Waals surface area contributed by atoms with Crippen molar-refractivity contribution in [2.75, 3.05) is 0 Å². The highest BCUT2D eigenvalue weighted by Crippen LogP contribution is 2.40. The lowest BCUT2D eigenvalue weighted by atomic mass is 10.0. The molecule has 0 unspecified atom stereocenters. The zero-order chi connectivity index (χ0) is 27.8. The van der Waals surface area contributed by atoms with Crippen LogP contribution in [0.5, 0.6) is 5.75 Å². The predicted molar refractivity (Wildman–Crippen MR) is 171 cm³/mol. The molecule has 0 aliphatic carbocycles. The highest BCUT2D eigenvalue weighted by molar-refractivity contribution is 6.14. The Kier molecular flexibility index (Phi) is 4.70. The Labute approximate surface area is 240 Å². The molecule has 3 heterocycles. The summed E-state index contributed by atoms with van der Waals surface area (Å²) in [6, 6.07) is 47.8. The smallest absolute Gasteiger partial charge is 0.220 e. The van der Waals surface area contributed by atoms with Crippen molar-refractivity contribution >= 4 is 49.7 Å². The van der Waals surface area contributed by atoms with Gasteiger partial charge >= 0.3 is 0 Å². The van der Waals surface area contributed by atoms with Crippen molar-refractivity contribution in [2.45, 2.75) is 0 Å². The number of imidazole rings is 2. The summed E-state index contributed by atoms with van der Waals surface area (Å²) in [4.78, 5) is 5.13. The molecule has 198 valence electrons. The molecule has 42 heavy (non-hydrogen) atoms. The Morgan fingerprint density at radius 3 is 2.07 bits per heavy atom. The fraction of sp³-hybridized carbons (Fsp3) is 0. The van der Waals surface area contributed by atoms with Crippen molar-refractivity contribution in [3.63, 3.8) is 0 Å². The summed E-state index contributed by atoms with van der Waals surface area (Å²) in [5, 5.41) is 13.1. The molecule has 0 aliphatic heterocycles. The summed E-state index contributed by atoms with van der Waals surface area (Å²) in [5.41, 5.74) is 10.3. The molecule has 5 nitrogen and oxygen atoms in total. The molecule has 1 N–H and O–H groups in total. The first-order valence-electron chi connectivity index (χ1n) is 14.1. The third-order valence-corrected chi connectivity index (χ3v) is 8.35. The van der Waals surface area contributed by atoms with E-state index in [1.807, 2.05) is 42.5 Å². The first-order chi connectivity index (χ1) is 20.8. The van der Waals surface area contributed by atoms with Crippen molar-refractivity contribution < 1.29 is 5.11 Å². The van der Waals surface area contributed by atoms with Gasteiger partial charge < -0.3 is 9.67 Å². The predicted octanol–water partition coefficient (Wildman–Crippen LogP) is 8.90. The van der Waals surface area contributed by atoms with Gasteiger partial charge in [-0.1, -0.05) is 78.9 Å². The lowest BCUT2D eigenvalue weighted by Gasteiger charge is -2.12.